The van der Waals surface area contributed by atoms with Crippen LogP contribution in [0.25, 0.3) is 5.57 Å². The molecule has 0 aromatic carbocycles. The van der Waals surface area contributed by atoms with Crippen LogP contribution in [0.1, 0.15) is 39.4 Å². The number of rotatable bonds is 3. The SMILES string of the molecule is C=C(c1ccnn1[C@@H](C)CO)C(C)(C)C. The average Bonchev–Trinajstić information content (AvgIpc) is 2.62. The van der Waals surface area contributed by atoms with Gasteiger partial charge in [0.1, 0.15) is 0 Å². The minimum Gasteiger partial charge on any atom is -0.394 e. The van der Waals surface area contributed by atoms with E-state index in [-0.39, 0.29) is 18.1 Å². The number of aromatic nitrogens is 2. The molecule has 0 aliphatic rings. The first kappa shape index (κ1) is 12.0. The Hall–Kier alpha value is -1.09. The highest BCUT2D eigenvalue weighted by molar-refractivity contribution is 5.64. The number of aliphatic hydroxyl groups is 1. The maximum absolute atomic E-state index is 9.13. The fourth-order valence-corrected chi connectivity index (χ4v) is 1.37. The molecule has 0 unspecified atom stereocenters. The molecule has 1 atom stereocenters. The summed E-state index contributed by atoms with van der Waals surface area (Å²) in [5, 5.41) is 13.3. The zero-order valence-corrected chi connectivity index (χ0v) is 9.99. The molecule has 3 heteroatoms. The molecule has 1 aromatic heterocycles. The van der Waals surface area contributed by atoms with Gasteiger partial charge in [0, 0.05) is 6.20 Å². The van der Waals surface area contributed by atoms with Crippen molar-refractivity contribution in [2.24, 2.45) is 5.41 Å². The number of aliphatic hydroxyl groups excluding tert-OH is 1. The minimum absolute atomic E-state index is 0.00546. The molecule has 1 heterocycles. The van der Waals surface area contributed by atoms with Crippen LogP contribution in [0.4, 0.5) is 0 Å². The topological polar surface area (TPSA) is 38.0 Å². The number of allylic oxidation sites excluding steroid dienone is 1. The number of hydrogen-bond donors (Lipinski definition) is 1. The van der Waals surface area contributed by atoms with Gasteiger partial charge >= 0.3 is 0 Å². The van der Waals surface area contributed by atoms with Gasteiger partial charge in [-0.25, -0.2) is 0 Å². The standard InChI is InChI=1S/C12H20N2O/c1-9(8-15)14-11(6-7-13-14)10(2)12(3,4)5/h6-7,9,15H,2,8H2,1,3-5H3/t9-/m0/s1. The normalized spacial score (nSPS) is 13.9. The summed E-state index contributed by atoms with van der Waals surface area (Å²) >= 11 is 0. The van der Waals surface area contributed by atoms with Gasteiger partial charge in [-0.1, -0.05) is 27.4 Å². The van der Waals surface area contributed by atoms with E-state index in [2.05, 4.69) is 32.4 Å². The van der Waals surface area contributed by atoms with Gasteiger partial charge in [0.15, 0.2) is 0 Å². The van der Waals surface area contributed by atoms with Gasteiger partial charge in [0.05, 0.1) is 18.3 Å². The quantitative estimate of drug-likeness (QED) is 0.828. The van der Waals surface area contributed by atoms with E-state index in [1.165, 1.54) is 0 Å². The zero-order valence-electron chi connectivity index (χ0n) is 9.99. The summed E-state index contributed by atoms with van der Waals surface area (Å²) in [5.74, 6) is 0. The third kappa shape index (κ3) is 2.48. The summed E-state index contributed by atoms with van der Waals surface area (Å²) in [4.78, 5) is 0. The smallest absolute Gasteiger partial charge is 0.0728 e. The van der Waals surface area contributed by atoms with E-state index in [9.17, 15) is 0 Å². The van der Waals surface area contributed by atoms with Crippen LogP contribution in [-0.4, -0.2) is 21.5 Å². The summed E-state index contributed by atoms with van der Waals surface area (Å²) in [6, 6.07) is 1.94. The fourth-order valence-electron chi connectivity index (χ4n) is 1.37. The Balaban J connectivity index is 3.06. The molecule has 0 saturated carbocycles. The Morgan fingerprint density at radius 2 is 2.20 bits per heavy atom. The van der Waals surface area contributed by atoms with E-state index in [1.54, 1.807) is 6.20 Å². The summed E-state index contributed by atoms with van der Waals surface area (Å²) < 4.78 is 1.83. The second-order valence-electron chi connectivity index (χ2n) is 4.92. The predicted octanol–water partition coefficient (Wildman–Crippen LogP) is 2.50. The van der Waals surface area contributed by atoms with Crippen LogP contribution in [0.3, 0.4) is 0 Å². The van der Waals surface area contributed by atoms with Crippen molar-refractivity contribution in [1.29, 1.82) is 0 Å². The molecular formula is C12H20N2O. The Morgan fingerprint density at radius 1 is 1.60 bits per heavy atom. The highest BCUT2D eigenvalue weighted by atomic mass is 16.3. The van der Waals surface area contributed by atoms with Crippen molar-refractivity contribution in [3.05, 3.63) is 24.5 Å². The van der Waals surface area contributed by atoms with Gasteiger partial charge in [-0.2, -0.15) is 5.10 Å². The first-order valence-electron chi connectivity index (χ1n) is 5.22. The van der Waals surface area contributed by atoms with Crippen molar-refractivity contribution >= 4 is 5.57 Å². The number of nitrogens with zero attached hydrogens (tertiary/aromatic N) is 2. The third-order valence-corrected chi connectivity index (χ3v) is 2.57. The zero-order chi connectivity index (χ0) is 11.6. The van der Waals surface area contributed by atoms with Crippen molar-refractivity contribution < 1.29 is 5.11 Å². The van der Waals surface area contributed by atoms with Gasteiger partial charge in [-0.15, -0.1) is 0 Å². The lowest BCUT2D eigenvalue weighted by Crippen LogP contribution is -2.17. The molecule has 0 bridgehead atoms. The lowest BCUT2D eigenvalue weighted by molar-refractivity contribution is 0.228. The Labute approximate surface area is 91.4 Å². The maximum atomic E-state index is 9.13. The molecule has 0 saturated heterocycles. The molecule has 0 aliphatic heterocycles. The Kier molecular flexibility index (Phi) is 3.35. The van der Waals surface area contributed by atoms with Crippen LogP contribution in [0.2, 0.25) is 0 Å². The van der Waals surface area contributed by atoms with Crippen LogP contribution < -0.4 is 0 Å². The first-order chi connectivity index (χ1) is 6.88. The first-order valence-corrected chi connectivity index (χ1v) is 5.22. The van der Waals surface area contributed by atoms with Crippen LogP contribution in [0.5, 0.6) is 0 Å². The summed E-state index contributed by atoms with van der Waals surface area (Å²) in [6.45, 7) is 12.5. The second kappa shape index (κ2) is 4.19. The average molecular weight is 208 g/mol. The predicted molar refractivity (Wildman–Crippen MR) is 62.5 cm³/mol. The van der Waals surface area contributed by atoms with Crippen molar-refractivity contribution in [1.82, 2.24) is 9.78 Å². The summed E-state index contributed by atoms with van der Waals surface area (Å²) in [7, 11) is 0. The molecule has 1 N–H and O–H groups in total. The molecule has 1 aromatic rings. The van der Waals surface area contributed by atoms with E-state index in [0.717, 1.165) is 11.3 Å². The van der Waals surface area contributed by atoms with E-state index >= 15 is 0 Å². The molecule has 0 aliphatic carbocycles. The molecule has 15 heavy (non-hydrogen) atoms. The van der Waals surface area contributed by atoms with E-state index < -0.39 is 0 Å². The van der Waals surface area contributed by atoms with Crippen LogP contribution in [0.15, 0.2) is 18.8 Å². The molecule has 0 amide bonds. The Morgan fingerprint density at radius 3 is 2.67 bits per heavy atom. The molecule has 84 valence electrons. The monoisotopic (exact) mass is 208 g/mol. The highest BCUT2D eigenvalue weighted by Crippen LogP contribution is 2.32. The maximum Gasteiger partial charge on any atom is 0.0728 e. The lowest BCUT2D eigenvalue weighted by Gasteiger charge is -2.24. The molecule has 0 fully saturated rings. The fraction of sp³-hybridized carbons (Fsp3) is 0.583. The van der Waals surface area contributed by atoms with Crippen molar-refractivity contribution in [2.75, 3.05) is 6.61 Å². The summed E-state index contributed by atoms with van der Waals surface area (Å²) in [6.07, 6.45) is 1.75. The van der Waals surface area contributed by atoms with Gasteiger partial charge in [-0.05, 0) is 24.0 Å². The van der Waals surface area contributed by atoms with E-state index in [0.29, 0.717) is 0 Å². The molecule has 3 nitrogen and oxygen atoms in total. The van der Waals surface area contributed by atoms with Crippen molar-refractivity contribution in [3.8, 4) is 0 Å². The molecule has 0 radical (unpaired) electrons. The third-order valence-electron chi connectivity index (χ3n) is 2.57. The van der Waals surface area contributed by atoms with Crippen LogP contribution >= 0.6 is 0 Å². The molecular weight excluding hydrogens is 188 g/mol. The van der Waals surface area contributed by atoms with Crippen LogP contribution in [0, 0.1) is 5.41 Å². The largest absolute Gasteiger partial charge is 0.394 e. The highest BCUT2D eigenvalue weighted by Gasteiger charge is 2.21. The van der Waals surface area contributed by atoms with E-state index in [4.69, 9.17) is 5.11 Å². The van der Waals surface area contributed by atoms with Gasteiger partial charge in [-0.3, -0.25) is 4.68 Å². The number of hydrogen-bond acceptors (Lipinski definition) is 2. The van der Waals surface area contributed by atoms with Gasteiger partial charge < -0.3 is 5.11 Å². The van der Waals surface area contributed by atoms with Gasteiger partial charge in [0.25, 0.3) is 0 Å². The van der Waals surface area contributed by atoms with Crippen molar-refractivity contribution in [2.45, 2.75) is 33.7 Å². The van der Waals surface area contributed by atoms with Crippen molar-refractivity contribution in [3.63, 3.8) is 0 Å². The second-order valence-corrected chi connectivity index (χ2v) is 4.92. The van der Waals surface area contributed by atoms with Crippen LogP contribution in [-0.2, 0) is 0 Å². The molecule has 1 rings (SSSR count). The van der Waals surface area contributed by atoms with E-state index in [1.807, 2.05) is 17.7 Å². The van der Waals surface area contributed by atoms with Gasteiger partial charge in [0.2, 0.25) is 0 Å². The molecule has 0 spiro atoms. The lowest BCUT2D eigenvalue weighted by atomic mass is 9.85. The Bertz CT molecular complexity index is 347. The minimum atomic E-state index is -0.00546. The summed E-state index contributed by atoms with van der Waals surface area (Å²) in [5.41, 5.74) is 2.07.